The zero-order valence-corrected chi connectivity index (χ0v) is 9.76. The van der Waals surface area contributed by atoms with Gasteiger partial charge in [0.2, 0.25) is 5.91 Å². The zero-order valence-electron chi connectivity index (χ0n) is 9.76. The third-order valence-electron chi connectivity index (χ3n) is 2.54. The van der Waals surface area contributed by atoms with Crippen molar-refractivity contribution >= 4 is 17.3 Å². The molecule has 5 heteroatoms. The first kappa shape index (κ1) is 11.9. The quantitative estimate of drug-likeness (QED) is 0.706. The summed E-state index contributed by atoms with van der Waals surface area (Å²) in [5, 5.41) is 3.15. The molecule has 0 saturated carbocycles. The van der Waals surface area contributed by atoms with Crippen LogP contribution in [0.2, 0.25) is 0 Å². The fourth-order valence-electron chi connectivity index (χ4n) is 1.56. The fourth-order valence-corrected chi connectivity index (χ4v) is 1.56. The Morgan fingerprint density at radius 1 is 1.33 bits per heavy atom. The second kappa shape index (κ2) is 5.18. The van der Waals surface area contributed by atoms with Crippen molar-refractivity contribution in [1.82, 2.24) is 4.98 Å². The Hall–Kier alpha value is -2.56. The van der Waals surface area contributed by atoms with E-state index >= 15 is 0 Å². The molecule has 92 valence electrons. The lowest BCUT2D eigenvalue weighted by atomic mass is 10.1. The Bertz CT molecular complexity index is 554. The second-order valence-electron chi connectivity index (χ2n) is 3.88. The normalized spacial score (nSPS) is 10.0. The number of nitrogens with zero attached hydrogens (tertiary/aromatic N) is 1. The van der Waals surface area contributed by atoms with Crippen molar-refractivity contribution in [2.24, 2.45) is 5.73 Å². The lowest BCUT2D eigenvalue weighted by Crippen LogP contribution is -2.12. The first-order chi connectivity index (χ1) is 8.66. The minimum atomic E-state index is -0.473. The number of carbonyl (C=O) groups is 1. The number of benzene rings is 1. The summed E-state index contributed by atoms with van der Waals surface area (Å²) in [7, 11) is 0. The van der Waals surface area contributed by atoms with Crippen LogP contribution >= 0.6 is 0 Å². The van der Waals surface area contributed by atoms with E-state index in [1.54, 1.807) is 30.6 Å². The summed E-state index contributed by atoms with van der Waals surface area (Å²) in [5.74, 6) is -0.473. The molecule has 0 atom stereocenters. The molecule has 0 bridgehead atoms. The van der Waals surface area contributed by atoms with Gasteiger partial charge in [-0.3, -0.25) is 9.78 Å². The molecule has 18 heavy (non-hydrogen) atoms. The van der Waals surface area contributed by atoms with Gasteiger partial charge in [-0.25, -0.2) is 0 Å². The van der Waals surface area contributed by atoms with Crippen LogP contribution in [0, 0.1) is 0 Å². The molecule has 0 aliphatic heterocycles. The molecule has 0 aliphatic carbocycles. The van der Waals surface area contributed by atoms with Gasteiger partial charge in [0.1, 0.15) is 0 Å². The van der Waals surface area contributed by atoms with Crippen LogP contribution in [0.25, 0.3) is 0 Å². The van der Waals surface area contributed by atoms with Crippen LogP contribution < -0.4 is 16.8 Å². The Morgan fingerprint density at radius 2 is 2.17 bits per heavy atom. The number of nitrogen functional groups attached to an aromatic ring is 1. The standard InChI is InChI=1S/C13H14N4O/c14-11-4-3-10(13(15)18)6-12(11)17-8-9-2-1-5-16-7-9/h1-7,17H,8,14H2,(H2,15,18). The molecular weight excluding hydrogens is 228 g/mol. The molecule has 1 aromatic heterocycles. The van der Waals surface area contributed by atoms with Crippen LogP contribution in [0.5, 0.6) is 0 Å². The zero-order chi connectivity index (χ0) is 13.0. The van der Waals surface area contributed by atoms with Crippen molar-refractivity contribution in [3.8, 4) is 0 Å². The number of rotatable bonds is 4. The Labute approximate surface area is 105 Å². The summed E-state index contributed by atoms with van der Waals surface area (Å²) in [6.45, 7) is 0.584. The molecule has 2 aromatic rings. The molecule has 5 nitrogen and oxygen atoms in total. The first-order valence-electron chi connectivity index (χ1n) is 5.49. The molecule has 0 radical (unpaired) electrons. The van der Waals surface area contributed by atoms with E-state index in [0.29, 0.717) is 23.5 Å². The van der Waals surface area contributed by atoms with E-state index in [1.165, 1.54) is 0 Å². The van der Waals surface area contributed by atoms with E-state index in [-0.39, 0.29) is 0 Å². The molecule has 0 aliphatic rings. The summed E-state index contributed by atoms with van der Waals surface area (Å²) in [5.41, 5.74) is 13.8. The van der Waals surface area contributed by atoms with Crippen LogP contribution in [-0.2, 0) is 6.54 Å². The Kier molecular flexibility index (Phi) is 3.43. The maximum Gasteiger partial charge on any atom is 0.248 e. The van der Waals surface area contributed by atoms with Crippen LogP contribution in [0.15, 0.2) is 42.7 Å². The van der Waals surface area contributed by atoms with Crippen LogP contribution in [0.1, 0.15) is 15.9 Å². The number of nitrogens with one attached hydrogen (secondary N) is 1. The average Bonchev–Trinajstić information content (AvgIpc) is 2.38. The molecule has 0 unspecified atom stereocenters. The number of hydrogen-bond donors (Lipinski definition) is 3. The lowest BCUT2D eigenvalue weighted by Gasteiger charge is -2.10. The van der Waals surface area contributed by atoms with Gasteiger partial charge in [-0.05, 0) is 29.8 Å². The van der Waals surface area contributed by atoms with Gasteiger partial charge >= 0.3 is 0 Å². The van der Waals surface area contributed by atoms with Gasteiger partial charge in [0, 0.05) is 24.5 Å². The Balaban J connectivity index is 2.14. The van der Waals surface area contributed by atoms with E-state index in [9.17, 15) is 4.79 Å². The van der Waals surface area contributed by atoms with Gasteiger partial charge in [-0.2, -0.15) is 0 Å². The molecule has 0 fully saturated rings. The highest BCUT2D eigenvalue weighted by molar-refractivity contribution is 5.94. The summed E-state index contributed by atoms with van der Waals surface area (Å²) in [6.07, 6.45) is 3.48. The number of nitrogens with two attached hydrogens (primary N) is 2. The van der Waals surface area contributed by atoms with Crippen LogP contribution in [-0.4, -0.2) is 10.9 Å². The Morgan fingerprint density at radius 3 is 2.83 bits per heavy atom. The summed E-state index contributed by atoms with van der Waals surface area (Å²) >= 11 is 0. The maximum atomic E-state index is 11.1. The smallest absolute Gasteiger partial charge is 0.248 e. The molecular formula is C13H14N4O. The summed E-state index contributed by atoms with van der Waals surface area (Å²) in [4.78, 5) is 15.1. The molecule has 1 heterocycles. The van der Waals surface area contributed by atoms with Crippen molar-refractivity contribution in [2.45, 2.75) is 6.54 Å². The van der Waals surface area contributed by atoms with Crippen molar-refractivity contribution in [3.63, 3.8) is 0 Å². The lowest BCUT2D eigenvalue weighted by molar-refractivity contribution is 0.100. The van der Waals surface area contributed by atoms with Crippen molar-refractivity contribution in [1.29, 1.82) is 0 Å². The number of hydrogen-bond acceptors (Lipinski definition) is 4. The van der Waals surface area contributed by atoms with Crippen LogP contribution in [0.3, 0.4) is 0 Å². The molecule has 0 saturated heterocycles. The molecule has 2 rings (SSSR count). The average molecular weight is 242 g/mol. The number of aromatic nitrogens is 1. The van der Waals surface area contributed by atoms with Gasteiger partial charge in [-0.1, -0.05) is 6.07 Å². The first-order valence-corrected chi connectivity index (χ1v) is 5.49. The number of carbonyl (C=O) groups excluding carboxylic acids is 1. The third-order valence-corrected chi connectivity index (χ3v) is 2.54. The third kappa shape index (κ3) is 2.76. The highest BCUT2D eigenvalue weighted by Crippen LogP contribution is 2.20. The topological polar surface area (TPSA) is 94.0 Å². The molecule has 5 N–H and O–H groups in total. The van der Waals surface area contributed by atoms with Crippen molar-refractivity contribution in [3.05, 3.63) is 53.9 Å². The summed E-state index contributed by atoms with van der Waals surface area (Å²) < 4.78 is 0. The van der Waals surface area contributed by atoms with Crippen LogP contribution in [0.4, 0.5) is 11.4 Å². The molecule has 1 aromatic carbocycles. The molecule has 1 amide bonds. The van der Waals surface area contributed by atoms with Crippen molar-refractivity contribution in [2.75, 3.05) is 11.1 Å². The van der Waals surface area contributed by atoms with E-state index in [0.717, 1.165) is 5.56 Å². The van der Waals surface area contributed by atoms with E-state index in [2.05, 4.69) is 10.3 Å². The van der Waals surface area contributed by atoms with E-state index in [4.69, 9.17) is 11.5 Å². The number of anilines is 2. The van der Waals surface area contributed by atoms with Gasteiger partial charge < -0.3 is 16.8 Å². The highest BCUT2D eigenvalue weighted by atomic mass is 16.1. The number of amides is 1. The van der Waals surface area contributed by atoms with Gasteiger partial charge in [-0.15, -0.1) is 0 Å². The minimum absolute atomic E-state index is 0.429. The van der Waals surface area contributed by atoms with E-state index in [1.807, 2.05) is 12.1 Å². The van der Waals surface area contributed by atoms with Gasteiger partial charge in [0.15, 0.2) is 0 Å². The van der Waals surface area contributed by atoms with Gasteiger partial charge in [0.25, 0.3) is 0 Å². The monoisotopic (exact) mass is 242 g/mol. The fraction of sp³-hybridized carbons (Fsp3) is 0.0769. The minimum Gasteiger partial charge on any atom is -0.397 e. The van der Waals surface area contributed by atoms with E-state index < -0.39 is 5.91 Å². The summed E-state index contributed by atoms with van der Waals surface area (Å²) in [6, 6.07) is 8.72. The van der Waals surface area contributed by atoms with Crippen molar-refractivity contribution < 1.29 is 4.79 Å². The predicted octanol–water partition coefficient (Wildman–Crippen LogP) is 1.37. The molecule has 0 spiro atoms. The second-order valence-corrected chi connectivity index (χ2v) is 3.88. The predicted molar refractivity (Wildman–Crippen MR) is 70.9 cm³/mol. The largest absolute Gasteiger partial charge is 0.397 e. The maximum absolute atomic E-state index is 11.1. The number of pyridine rings is 1. The van der Waals surface area contributed by atoms with Gasteiger partial charge in [0.05, 0.1) is 11.4 Å². The number of primary amides is 1. The SMILES string of the molecule is NC(=O)c1ccc(N)c(NCc2cccnc2)c1. The highest BCUT2D eigenvalue weighted by Gasteiger charge is 2.04.